The Morgan fingerprint density at radius 2 is 1.85 bits per heavy atom. The predicted octanol–water partition coefficient (Wildman–Crippen LogP) is -3.15. The molecular weight excluding hydrogens is 618 g/mol. The number of nitrogens with two attached hydrogens (primary N) is 2. The first-order chi connectivity index (χ1) is 19.0. The molecule has 0 amide bonds. The third-order valence-electron chi connectivity index (χ3n) is 6.57. The molecule has 12 N–H and O–H groups in total. The van der Waals surface area contributed by atoms with Crippen LogP contribution in [0.4, 0.5) is 5.82 Å². The molecule has 4 heterocycles. The summed E-state index contributed by atoms with van der Waals surface area (Å²) in [6, 6.07) is 0. The Labute approximate surface area is 236 Å². The highest BCUT2D eigenvalue weighted by atomic mass is 32.5. The highest BCUT2D eigenvalue weighted by Crippen LogP contribution is 2.62. The summed E-state index contributed by atoms with van der Waals surface area (Å²) in [5, 5.41) is 59.6. The molecule has 2 aliphatic heterocycles. The maximum Gasteiger partial charge on any atom is 0.481 e. The van der Waals surface area contributed by atoms with Crippen LogP contribution >= 0.6 is 14.5 Å². The van der Waals surface area contributed by atoms with Gasteiger partial charge >= 0.3 is 14.5 Å². The summed E-state index contributed by atoms with van der Waals surface area (Å²) in [5.74, 6) is 0.0594. The van der Waals surface area contributed by atoms with Crippen molar-refractivity contribution in [3.8, 4) is 0 Å². The number of rotatable bonds is 10. The van der Waals surface area contributed by atoms with E-state index >= 15 is 0 Å². The molecule has 0 bridgehead atoms. The van der Waals surface area contributed by atoms with Gasteiger partial charge in [0.25, 0.3) is 0 Å². The summed E-state index contributed by atoms with van der Waals surface area (Å²) < 4.78 is 43.1. The van der Waals surface area contributed by atoms with Crippen LogP contribution in [-0.2, 0) is 39.2 Å². The van der Waals surface area contributed by atoms with E-state index in [1.165, 1.54) is 19.5 Å². The first-order valence-corrected chi connectivity index (χ1v) is 15.9. The average Bonchev–Trinajstić information content (AvgIpc) is 3.41. The molecule has 41 heavy (non-hydrogen) atoms. The van der Waals surface area contributed by atoms with E-state index in [1.54, 1.807) is 0 Å². The summed E-state index contributed by atoms with van der Waals surface area (Å²) in [7, 11) is -5.44. The van der Waals surface area contributed by atoms with Crippen molar-refractivity contribution in [2.75, 3.05) is 18.9 Å². The van der Waals surface area contributed by atoms with Crippen LogP contribution in [0, 0.1) is 0 Å². The molecule has 0 aromatic carbocycles. The number of hydrogen-bond acceptors (Lipinski definition) is 18. The SMILES string of the molecule is C[C@@]1(N)[C@H](O)[C@@H](COP(O)(=S)OP(=O)(O)OC2OC([C@@H](O)CO)C(O)C(O)C2O)O[C@H]1c1coc2c(N)ncnc12. The molecule has 2 aliphatic rings. The van der Waals surface area contributed by atoms with Crippen LogP contribution < -0.4 is 11.5 Å². The Morgan fingerprint density at radius 1 is 1.17 bits per heavy atom. The van der Waals surface area contributed by atoms with Gasteiger partial charge in [0.15, 0.2) is 17.7 Å². The van der Waals surface area contributed by atoms with Crippen LogP contribution in [0.25, 0.3) is 11.1 Å². The number of aliphatic hydroxyl groups is 6. The average molecular weight is 648 g/mol. The van der Waals surface area contributed by atoms with Crippen molar-refractivity contribution in [3.63, 3.8) is 0 Å². The Balaban J connectivity index is 1.41. The van der Waals surface area contributed by atoms with Crippen LogP contribution in [0.5, 0.6) is 0 Å². The van der Waals surface area contributed by atoms with Gasteiger partial charge < -0.3 is 70.3 Å². The fraction of sp³-hybridized carbons (Fsp3) is 0.684. The first-order valence-electron chi connectivity index (χ1n) is 11.8. The standard InChI is InChI=1S/C19H30N4O15P2S/c1-19(21)15(29)8(35-16(19)6-3-33-14-9(6)22-5-23-17(14)20)4-34-40(32,41)38-39(30,31)37-18-12(28)10(26)11(27)13(36-18)7(25)2-24/h3,5,7-8,10-13,15-16,18,24-29H,2,4,21H2,1H3,(H,30,31)(H,32,41)(H2,20,22,23)/t7-,8+,10?,11?,12?,13?,15+,16-,18?,19+,40?/m0/s1. The highest BCUT2D eigenvalue weighted by Gasteiger charge is 2.53. The molecule has 19 nitrogen and oxygen atoms in total. The Kier molecular flexibility index (Phi) is 9.58. The summed E-state index contributed by atoms with van der Waals surface area (Å²) in [6.07, 6.45) is -13.0. The minimum absolute atomic E-state index is 0.0594. The third kappa shape index (κ3) is 6.64. The molecule has 2 fully saturated rings. The van der Waals surface area contributed by atoms with Gasteiger partial charge in [-0.1, -0.05) is 0 Å². The molecular formula is C19H30N4O15P2S. The molecule has 2 aromatic heterocycles. The quantitative estimate of drug-likeness (QED) is 0.114. The van der Waals surface area contributed by atoms with Crippen LogP contribution in [0.3, 0.4) is 0 Å². The fourth-order valence-corrected chi connectivity index (χ4v) is 7.52. The molecule has 0 aliphatic carbocycles. The molecule has 4 rings (SSSR count). The van der Waals surface area contributed by atoms with Gasteiger partial charge in [-0.3, -0.25) is 4.52 Å². The molecule has 22 heteroatoms. The zero-order valence-corrected chi connectivity index (χ0v) is 23.7. The third-order valence-corrected chi connectivity index (χ3v) is 10.1. The predicted molar refractivity (Wildman–Crippen MR) is 137 cm³/mol. The van der Waals surface area contributed by atoms with E-state index in [1.807, 2.05) is 0 Å². The lowest BCUT2D eigenvalue weighted by molar-refractivity contribution is -0.292. The Hall–Kier alpha value is -1.26. The summed E-state index contributed by atoms with van der Waals surface area (Å²) >= 11 is 4.76. The van der Waals surface area contributed by atoms with Crippen molar-refractivity contribution >= 4 is 43.3 Å². The summed E-state index contributed by atoms with van der Waals surface area (Å²) in [5.41, 5.74) is 11.4. The molecule has 0 radical (unpaired) electrons. The minimum Gasteiger partial charge on any atom is -0.458 e. The lowest BCUT2D eigenvalue weighted by Crippen LogP contribution is -2.61. The van der Waals surface area contributed by atoms with E-state index in [-0.39, 0.29) is 16.9 Å². The van der Waals surface area contributed by atoms with Gasteiger partial charge in [0.2, 0.25) is 0 Å². The topological polar surface area (TPSA) is 316 Å². The van der Waals surface area contributed by atoms with Crippen molar-refractivity contribution in [2.24, 2.45) is 5.73 Å². The van der Waals surface area contributed by atoms with E-state index in [0.29, 0.717) is 5.56 Å². The second kappa shape index (κ2) is 12.0. The zero-order chi connectivity index (χ0) is 30.5. The van der Waals surface area contributed by atoms with Crippen molar-refractivity contribution in [3.05, 3.63) is 18.2 Å². The zero-order valence-electron chi connectivity index (χ0n) is 21.1. The molecule has 12 atom stereocenters. The number of aliphatic hydroxyl groups excluding tert-OH is 6. The van der Waals surface area contributed by atoms with Gasteiger partial charge in [-0.15, -0.1) is 0 Å². The first kappa shape index (κ1) is 32.6. The molecule has 232 valence electrons. The highest BCUT2D eigenvalue weighted by molar-refractivity contribution is 8.08. The van der Waals surface area contributed by atoms with E-state index in [4.69, 9.17) is 46.8 Å². The molecule has 2 aromatic rings. The van der Waals surface area contributed by atoms with E-state index in [9.17, 15) is 39.9 Å². The van der Waals surface area contributed by atoms with E-state index in [2.05, 4.69) is 18.8 Å². The number of anilines is 1. The maximum atomic E-state index is 12.6. The number of phosphoric acid groups is 1. The summed E-state index contributed by atoms with van der Waals surface area (Å²) in [6.45, 7) is -4.81. The summed E-state index contributed by atoms with van der Waals surface area (Å²) in [4.78, 5) is 28.5. The van der Waals surface area contributed by atoms with E-state index in [0.717, 1.165) is 0 Å². The Morgan fingerprint density at radius 3 is 2.51 bits per heavy atom. The molecule has 7 unspecified atom stereocenters. The maximum absolute atomic E-state index is 12.6. The van der Waals surface area contributed by atoms with Gasteiger partial charge in [0.1, 0.15) is 60.7 Å². The number of furan rings is 1. The van der Waals surface area contributed by atoms with Crippen LogP contribution in [0.2, 0.25) is 0 Å². The second-order valence-corrected chi connectivity index (χ2v) is 14.0. The molecule has 0 saturated carbocycles. The fourth-order valence-electron chi connectivity index (χ4n) is 4.42. The van der Waals surface area contributed by atoms with Crippen molar-refractivity contribution < 1.29 is 72.2 Å². The second-order valence-electron chi connectivity index (χ2n) is 9.60. The number of fused-ring (bicyclic) bond motifs is 1. The monoisotopic (exact) mass is 648 g/mol. The smallest absolute Gasteiger partial charge is 0.458 e. The number of hydrogen-bond donors (Lipinski definition) is 10. The van der Waals surface area contributed by atoms with Gasteiger partial charge in [-0.05, 0) is 18.7 Å². The van der Waals surface area contributed by atoms with Crippen molar-refractivity contribution in [2.45, 2.75) is 67.6 Å². The number of nitrogens with zero attached hydrogens (tertiary/aromatic N) is 2. The molecule has 0 spiro atoms. The van der Waals surface area contributed by atoms with Crippen molar-refractivity contribution in [1.29, 1.82) is 0 Å². The lowest BCUT2D eigenvalue weighted by Gasteiger charge is -2.41. The number of phosphoric ester groups is 1. The number of nitrogen functional groups attached to an aromatic ring is 1. The Bertz CT molecular complexity index is 1330. The van der Waals surface area contributed by atoms with Gasteiger partial charge in [-0.25, -0.2) is 18.8 Å². The van der Waals surface area contributed by atoms with Gasteiger partial charge in [0.05, 0.1) is 25.0 Å². The lowest BCUT2D eigenvalue weighted by atomic mass is 9.87. The van der Waals surface area contributed by atoms with Crippen molar-refractivity contribution in [1.82, 2.24) is 9.97 Å². The van der Waals surface area contributed by atoms with Crippen LogP contribution in [0.1, 0.15) is 18.6 Å². The minimum atomic E-state index is -5.44. The number of ether oxygens (including phenoxy) is 2. The largest absolute Gasteiger partial charge is 0.481 e. The van der Waals surface area contributed by atoms with Gasteiger partial charge in [-0.2, -0.15) is 0 Å². The van der Waals surface area contributed by atoms with E-state index < -0.39 is 88.4 Å². The normalized spacial score (nSPS) is 38.0. The number of aromatic nitrogens is 2. The van der Waals surface area contributed by atoms with Crippen LogP contribution in [0.15, 0.2) is 17.0 Å². The van der Waals surface area contributed by atoms with Gasteiger partial charge in [0, 0.05) is 5.56 Å². The van der Waals surface area contributed by atoms with Crippen LogP contribution in [-0.4, -0.2) is 118 Å². The molecule has 2 saturated heterocycles.